The lowest BCUT2D eigenvalue weighted by Crippen LogP contribution is -1.95. The van der Waals surface area contributed by atoms with Gasteiger partial charge in [-0.1, -0.05) is 6.07 Å². The first kappa shape index (κ1) is 13.2. The summed E-state index contributed by atoms with van der Waals surface area (Å²) >= 11 is 0. The second kappa shape index (κ2) is 5.71. The van der Waals surface area contributed by atoms with Gasteiger partial charge >= 0.3 is 0 Å². The molecule has 0 saturated carbocycles. The Morgan fingerprint density at radius 1 is 1.00 bits per heavy atom. The standard InChI is InChI=1S/C17H16N2O2/c1-2-20-15-8-13(18)9-16(10-15)21-14-6-5-12-4-3-7-19-17(12)11-14/h3-11H,2,18H2,1H3. The molecule has 0 aliphatic rings. The van der Waals surface area contributed by atoms with E-state index in [4.69, 9.17) is 15.2 Å². The number of aromatic nitrogens is 1. The van der Waals surface area contributed by atoms with E-state index in [1.165, 1.54) is 0 Å². The maximum Gasteiger partial charge on any atom is 0.133 e. The Kier molecular flexibility index (Phi) is 3.60. The van der Waals surface area contributed by atoms with Crippen LogP contribution in [0.2, 0.25) is 0 Å². The first-order valence-corrected chi connectivity index (χ1v) is 6.80. The average Bonchev–Trinajstić information content (AvgIpc) is 2.47. The van der Waals surface area contributed by atoms with Crippen LogP contribution in [-0.4, -0.2) is 11.6 Å². The van der Waals surface area contributed by atoms with Gasteiger partial charge in [-0.3, -0.25) is 4.98 Å². The first-order valence-electron chi connectivity index (χ1n) is 6.80. The fourth-order valence-corrected chi connectivity index (χ4v) is 2.15. The number of rotatable bonds is 4. The first-order chi connectivity index (χ1) is 10.2. The van der Waals surface area contributed by atoms with Gasteiger partial charge in [0, 0.05) is 41.5 Å². The summed E-state index contributed by atoms with van der Waals surface area (Å²) in [5, 5.41) is 1.08. The minimum atomic E-state index is 0.586. The summed E-state index contributed by atoms with van der Waals surface area (Å²) in [7, 11) is 0. The minimum absolute atomic E-state index is 0.586. The molecule has 3 aromatic rings. The lowest BCUT2D eigenvalue weighted by Gasteiger charge is -2.10. The van der Waals surface area contributed by atoms with Crippen LogP contribution in [-0.2, 0) is 0 Å². The summed E-state index contributed by atoms with van der Waals surface area (Å²) in [6.45, 7) is 2.52. The molecule has 0 unspecified atom stereocenters. The summed E-state index contributed by atoms with van der Waals surface area (Å²) in [5.41, 5.74) is 7.36. The van der Waals surface area contributed by atoms with Crippen LogP contribution in [0.25, 0.3) is 10.9 Å². The highest BCUT2D eigenvalue weighted by Crippen LogP contribution is 2.29. The number of benzene rings is 2. The summed E-state index contributed by atoms with van der Waals surface area (Å²) < 4.78 is 11.3. The van der Waals surface area contributed by atoms with Gasteiger partial charge in [-0.2, -0.15) is 0 Å². The molecule has 106 valence electrons. The van der Waals surface area contributed by atoms with E-state index in [0.29, 0.717) is 29.5 Å². The smallest absolute Gasteiger partial charge is 0.133 e. The van der Waals surface area contributed by atoms with Crippen molar-refractivity contribution in [3.63, 3.8) is 0 Å². The number of pyridine rings is 1. The fraction of sp³-hybridized carbons (Fsp3) is 0.118. The highest BCUT2D eigenvalue weighted by molar-refractivity contribution is 5.79. The van der Waals surface area contributed by atoms with Crippen molar-refractivity contribution in [3.8, 4) is 17.2 Å². The van der Waals surface area contributed by atoms with Gasteiger partial charge in [0.2, 0.25) is 0 Å². The van der Waals surface area contributed by atoms with Crippen molar-refractivity contribution in [1.82, 2.24) is 4.98 Å². The van der Waals surface area contributed by atoms with Crippen LogP contribution in [0.1, 0.15) is 6.92 Å². The quantitative estimate of drug-likeness (QED) is 0.734. The molecule has 0 fully saturated rings. The Bertz CT molecular complexity index is 772. The van der Waals surface area contributed by atoms with E-state index in [1.807, 2.05) is 43.3 Å². The van der Waals surface area contributed by atoms with E-state index < -0.39 is 0 Å². The van der Waals surface area contributed by atoms with Gasteiger partial charge in [-0.15, -0.1) is 0 Å². The number of fused-ring (bicyclic) bond motifs is 1. The van der Waals surface area contributed by atoms with Crippen molar-refractivity contribution in [3.05, 3.63) is 54.7 Å². The van der Waals surface area contributed by atoms with Gasteiger partial charge in [0.15, 0.2) is 0 Å². The number of anilines is 1. The third-order valence-electron chi connectivity index (χ3n) is 3.03. The molecule has 2 aromatic carbocycles. The van der Waals surface area contributed by atoms with Gasteiger partial charge in [0.1, 0.15) is 17.2 Å². The van der Waals surface area contributed by atoms with Gasteiger partial charge < -0.3 is 15.2 Å². The number of hydrogen-bond donors (Lipinski definition) is 1. The van der Waals surface area contributed by atoms with E-state index in [-0.39, 0.29) is 0 Å². The topological polar surface area (TPSA) is 57.4 Å². The maximum atomic E-state index is 5.86. The van der Waals surface area contributed by atoms with Gasteiger partial charge in [-0.25, -0.2) is 0 Å². The molecule has 4 nitrogen and oxygen atoms in total. The number of nitrogens with zero attached hydrogens (tertiary/aromatic N) is 1. The number of nitrogens with two attached hydrogens (primary N) is 1. The molecule has 0 saturated heterocycles. The van der Waals surface area contributed by atoms with E-state index >= 15 is 0 Å². The molecular formula is C17H16N2O2. The molecule has 0 bridgehead atoms. The molecule has 4 heteroatoms. The summed E-state index contributed by atoms with van der Waals surface area (Å²) in [6.07, 6.45) is 1.76. The predicted octanol–water partition coefficient (Wildman–Crippen LogP) is 4.01. The molecule has 0 radical (unpaired) electrons. The Hall–Kier alpha value is -2.75. The molecule has 1 heterocycles. The summed E-state index contributed by atoms with van der Waals surface area (Å²) in [6, 6.07) is 15.1. The predicted molar refractivity (Wildman–Crippen MR) is 83.8 cm³/mol. The zero-order chi connectivity index (χ0) is 14.7. The van der Waals surface area contributed by atoms with Crippen molar-refractivity contribution in [1.29, 1.82) is 0 Å². The Morgan fingerprint density at radius 2 is 1.86 bits per heavy atom. The Balaban J connectivity index is 1.90. The van der Waals surface area contributed by atoms with E-state index in [0.717, 1.165) is 10.9 Å². The number of ether oxygens (including phenoxy) is 2. The lowest BCUT2D eigenvalue weighted by atomic mass is 10.2. The number of hydrogen-bond acceptors (Lipinski definition) is 4. The third kappa shape index (κ3) is 3.05. The molecular weight excluding hydrogens is 264 g/mol. The largest absolute Gasteiger partial charge is 0.494 e. The van der Waals surface area contributed by atoms with E-state index in [9.17, 15) is 0 Å². The van der Waals surface area contributed by atoms with Crippen LogP contribution in [0, 0.1) is 0 Å². The maximum absolute atomic E-state index is 5.86. The molecule has 21 heavy (non-hydrogen) atoms. The monoisotopic (exact) mass is 280 g/mol. The van der Waals surface area contributed by atoms with Crippen LogP contribution in [0.5, 0.6) is 17.2 Å². The molecule has 1 aromatic heterocycles. The molecule has 0 amide bonds. The minimum Gasteiger partial charge on any atom is -0.494 e. The molecule has 0 aliphatic heterocycles. The van der Waals surface area contributed by atoms with Crippen molar-refractivity contribution in [2.24, 2.45) is 0 Å². The van der Waals surface area contributed by atoms with E-state index in [1.54, 1.807) is 18.3 Å². The van der Waals surface area contributed by atoms with Crippen molar-refractivity contribution in [2.75, 3.05) is 12.3 Å². The lowest BCUT2D eigenvalue weighted by molar-refractivity contribution is 0.338. The van der Waals surface area contributed by atoms with Crippen molar-refractivity contribution >= 4 is 16.6 Å². The SMILES string of the molecule is CCOc1cc(N)cc(Oc2ccc3cccnc3c2)c1. The average molecular weight is 280 g/mol. The third-order valence-corrected chi connectivity index (χ3v) is 3.03. The van der Waals surface area contributed by atoms with E-state index in [2.05, 4.69) is 4.98 Å². The molecule has 2 N–H and O–H groups in total. The molecule has 0 atom stereocenters. The number of nitrogen functional groups attached to an aromatic ring is 1. The highest BCUT2D eigenvalue weighted by Gasteiger charge is 2.04. The molecule has 0 aliphatic carbocycles. The summed E-state index contributed by atoms with van der Waals surface area (Å²) in [5.74, 6) is 2.06. The zero-order valence-corrected chi connectivity index (χ0v) is 11.7. The molecule has 0 spiro atoms. The molecule has 3 rings (SSSR count). The zero-order valence-electron chi connectivity index (χ0n) is 11.7. The Morgan fingerprint density at radius 3 is 2.71 bits per heavy atom. The van der Waals surface area contributed by atoms with Gasteiger partial charge in [0.25, 0.3) is 0 Å². The van der Waals surface area contributed by atoms with Crippen LogP contribution >= 0.6 is 0 Å². The second-order valence-corrected chi connectivity index (χ2v) is 4.63. The van der Waals surface area contributed by atoms with Crippen molar-refractivity contribution in [2.45, 2.75) is 6.92 Å². The van der Waals surface area contributed by atoms with Crippen LogP contribution in [0.15, 0.2) is 54.7 Å². The van der Waals surface area contributed by atoms with Gasteiger partial charge in [-0.05, 0) is 25.1 Å². The summed E-state index contributed by atoms with van der Waals surface area (Å²) in [4.78, 5) is 4.32. The normalized spacial score (nSPS) is 10.5. The van der Waals surface area contributed by atoms with Gasteiger partial charge in [0.05, 0.1) is 12.1 Å². The van der Waals surface area contributed by atoms with Crippen LogP contribution in [0.3, 0.4) is 0 Å². The Labute approximate surface area is 123 Å². The second-order valence-electron chi connectivity index (χ2n) is 4.63. The highest BCUT2D eigenvalue weighted by atomic mass is 16.5. The fourth-order valence-electron chi connectivity index (χ4n) is 2.15. The van der Waals surface area contributed by atoms with Crippen molar-refractivity contribution < 1.29 is 9.47 Å². The van der Waals surface area contributed by atoms with Crippen LogP contribution in [0.4, 0.5) is 5.69 Å². The van der Waals surface area contributed by atoms with Crippen LogP contribution < -0.4 is 15.2 Å².